The minimum absolute atomic E-state index is 0.523. The molecular weight excluding hydrogens is 416 g/mol. The third kappa shape index (κ3) is 5.98. The molecule has 0 fully saturated rings. The van der Waals surface area contributed by atoms with Crippen molar-refractivity contribution in [1.82, 2.24) is 0 Å². The lowest BCUT2D eigenvalue weighted by Crippen LogP contribution is -2.22. The first kappa shape index (κ1) is 24.0. The SMILES string of the molecule is CCN(CC)c1ccc(NC(=O)OC(c2ccc(OC)cc2)c2ccc(OC)cc2)c(C)c1. The first-order chi connectivity index (χ1) is 16.0. The Kier molecular flexibility index (Phi) is 8.19. The average molecular weight is 449 g/mol. The molecule has 0 atom stereocenters. The number of carbonyl (C=O) groups excluding carboxylic acids is 1. The maximum atomic E-state index is 12.9. The summed E-state index contributed by atoms with van der Waals surface area (Å²) in [6, 6.07) is 21.0. The molecule has 0 aromatic heterocycles. The minimum atomic E-state index is -0.586. The number of carbonyl (C=O) groups is 1. The molecule has 3 aromatic rings. The van der Waals surface area contributed by atoms with Crippen molar-refractivity contribution in [3.05, 3.63) is 83.4 Å². The lowest BCUT2D eigenvalue weighted by Gasteiger charge is -2.23. The molecule has 0 unspecified atom stereocenters. The molecule has 0 spiro atoms. The molecule has 1 amide bonds. The maximum Gasteiger partial charge on any atom is 0.412 e. The molecule has 174 valence electrons. The Morgan fingerprint density at radius 2 is 1.36 bits per heavy atom. The van der Waals surface area contributed by atoms with E-state index in [1.54, 1.807) is 14.2 Å². The van der Waals surface area contributed by atoms with Crippen LogP contribution in [-0.2, 0) is 4.74 Å². The van der Waals surface area contributed by atoms with E-state index in [4.69, 9.17) is 14.2 Å². The first-order valence-electron chi connectivity index (χ1n) is 11.1. The second-order valence-electron chi connectivity index (χ2n) is 7.63. The van der Waals surface area contributed by atoms with E-state index in [1.807, 2.05) is 67.6 Å². The second-order valence-corrected chi connectivity index (χ2v) is 7.63. The summed E-state index contributed by atoms with van der Waals surface area (Å²) in [5, 5.41) is 2.90. The molecule has 33 heavy (non-hydrogen) atoms. The number of nitrogens with one attached hydrogen (secondary N) is 1. The molecule has 3 rings (SSSR count). The minimum Gasteiger partial charge on any atom is -0.497 e. The Morgan fingerprint density at radius 1 is 0.848 bits per heavy atom. The van der Waals surface area contributed by atoms with E-state index in [0.717, 1.165) is 52.7 Å². The Bertz CT molecular complexity index is 997. The molecule has 0 heterocycles. The highest BCUT2D eigenvalue weighted by molar-refractivity contribution is 5.86. The number of aryl methyl sites for hydroxylation is 1. The van der Waals surface area contributed by atoms with Gasteiger partial charge in [0.1, 0.15) is 11.5 Å². The van der Waals surface area contributed by atoms with Crippen LogP contribution in [0.15, 0.2) is 66.7 Å². The highest BCUT2D eigenvalue weighted by Crippen LogP contribution is 2.30. The van der Waals surface area contributed by atoms with E-state index in [0.29, 0.717) is 0 Å². The van der Waals surface area contributed by atoms with Crippen LogP contribution in [0.3, 0.4) is 0 Å². The number of anilines is 2. The summed E-state index contributed by atoms with van der Waals surface area (Å²) < 4.78 is 16.4. The van der Waals surface area contributed by atoms with Gasteiger partial charge in [-0.3, -0.25) is 5.32 Å². The van der Waals surface area contributed by atoms with E-state index in [1.165, 1.54) is 0 Å². The van der Waals surface area contributed by atoms with Gasteiger partial charge in [-0.2, -0.15) is 0 Å². The van der Waals surface area contributed by atoms with Crippen LogP contribution < -0.4 is 19.7 Å². The Labute approximate surface area is 196 Å². The summed E-state index contributed by atoms with van der Waals surface area (Å²) in [6.45, 7) is 8.08. The molecule has 6 heteroatoms. The number of methoxy groups -OCH3 is 2. The van der Waals surface area contributed by atoms with Crippen molar-refractivity contribution in [3.8, 4) is 11.5 Å². The predicted molar refractivity (Wildman–Crippen MR) is 133 cm³/mol. The molecule has 0 saturated carbocycles. The van der Waals surface area contributed by atoms with Crippen molar-refractivity contribution in [2.45, 2.75) is 26.9 Å². The van der Waals surface area contributed by atoms with E-state index >= 15 is 0 Å². The van der Waals surface area contributed by atoms with E-state index in [-0.39, 0.29) is 0 Å². The monoisotopic (exact) mass is 448 g/mol. The van der Waals surface area contributed by atoms with Crippen molar-refractivity contribution >= 4 is 17.5 Å². The molecule has 6 nitrogen and oxygen atoms in total. The van der Waals surface area contributed by atoms with Gasteiger partial charge in [-0.15, -0.1) is 0 Å². The number of hydrogen-bond donors (Lipinski definition) is 1. The van der Waals surface area contributed by atoms with E-state index in [2.05, 4.69) is 30.1 Å². The standard InChI is InChI=1S/C27H32N2O4/c1-6-29(7-2)22-12-17-25(19(3)18-22)28-27(30)33-26(20-8-13-23(31-4)14-9-20)21-10-15-24(32-5)16-11-21/h8-18,26H,6-7H2,1-5H3,(H,28,30). The molecule has 0 saturated heterocycles. The van der Waals surface area contributed by atoms with Crippen LogP contribution in [0.25, 0.3) is 0 Å². The van der Waals surface area contributed by atoms with Gasteiger partial charge in [-0.05, 0) is 79.9 Å². The van der Waals surface area contributed by atoms with Crippen LogP contribution in [0.1, 0.15) is 36.6 Å². The van der Waals surface area contributed by atoms with Crippen molar-refractivity contribution < 1.29 is 19.0 Å². The highest BCUT2D eigenvalue weighted by atomic mass is 16.6. The topological polar surface area (TPSA) is 60.0 Å². The fraction of sp³-hybridized carbons (Fsp3) is 0.296. The molecule has 0 radical (unpaired) electrons. The normalized spacial score (nSPS) is 10.6. The number of ether oxygens (including phenoxy) is 3. The summed E-state index contributed by atoms with van der Waals surface area (Å²) in [7, 11) is 3.24. The summed E-state index contributed by atoms with van der Waals surface area (Å²) >= 11 is 0. The third-order valence-electron chi connectivity index (χ3n) is 5.64. The molecule has 0 aliphatic carbocycles. The van der Waals surface area contributed by atoms with E-state index < -0.39 is 12.2 Å². The number of hydrogen-bond acceptors (Lipinski definition) is 5. The summed E-state index contributed by atoms with van der Waals surface area (Å²) in [5.41, 5.74) is 4.50. The highest BCUT2D eigenvalue weighted by Gasteiger charge is 2.20. The lowest BCUT2D eigenvalue weighted by molar-refractivity contribution is 0.131. The van der Waals surface area contributed by atoms with Crippen LogP contribution in [0.2, 0.25) is 0 Å². The molecule has 3 aromatic carbocycles. The van der Waals surface area contributed by atoms with Crippen LogP contribution in [0.5, 0.6) is 11.5 Å². The van der Waals surface area contributed by atoms with Gasteiger partial charge in [0.05, 0.1) is 14.2 Å². The van der Waals surface area contributed by atoms with Gasteiger partial charge >= 0.3 is 6.09 Å². The van der Waals surface area contributed by atoms with E-state index in [9.17, 15) is 4.79 Å². The largest absolute Gasteiger partial charge is 0.497 e. The quantitative estimate of drug-likeness (QED) is 0.422. The predicted octanol–water partition coefficient (Wildman–Crippen LogP) is 6.20. The fourth-order valence-electron chi connectivity index (χ4n) is 3.71. The zero-order chi connectivity index (χ0) is 23.8. The Balaban J connectivity index is 1.82. The summed E-state index contributed by atoms with van der Waals surface area (Å²) in [5.74, 6) is 1.47. The first-order valence-corrected chi connectivity index (χ1v) is 11.1. The van der Waals surface area contributed by atoms with Gasteiger partial charge < -0.3 is 19.1 Å². The molecule has 0 bridgehead atoms. The van der Waals surface area contributed by atoms with Crippen molar-refractivity contribution in [2.75, 3.05) is 37.5 Å². The Morgan fingerprint density at radius 3 is 1.79 bits per heavy atom. The van der Waals surface area contributed by atoms with Crippen molar-refractivity contribution in [1.29, 1.82) is 0 Å². The van der Waals surface area contributed by atoms with Crippen molar-refractivity contribution in [2.24, 2.45) is 0 Å². The molecule has 1 N–H and O–H groups in total. The summed E-state index contributed by atoms with van der Waals surface area (Å²) in [4.78, 5) is 15.2. The number of benzene rings is 3. The van der Waals surface area contributed by atoms with Crippen LogP contribution in [-0.4, -0.2) is 33.4 Å². The van der Waals surface area contributed by atoms with Crippen molar-refractivity contribution in [3.63, 3.8) is 0 Å². The van der Waals surface area contributed by atoms with Crippen LogP contribution >= 0.6 is 0 Å². The maximum absolute atomic E-state index is 12.9. The number of amides is 1. The second kappa shape index (κ2) is 11.3. The lowest BCUT2D eigenvalue weighted by atomic mass is 10.0. The van der Waals surface area contributed by atoms with Gasteiger partial charge in [-0.1, -0.05) is 24.3 Å². The van der Waals surface area contributed by atoms with Gasteiger partial charge in [0.25, 0.3) is 0 Å². The number of rotatable bonds is 9. The third-order valence-corrected chi connectivity index (χ3v) is 5.64. The molecule has 0 aliphatic heterocycles. The van der Waals surface area contributed by atoms with Crippen LogP contribution in [0.4, 0.5) is 16.2 Å². The average Bonchev–Trinajstić information content (AvgIpc) is 2.85. The van der Waals surface area contributed by atoms with Gasteiger partial charge in [0.2, 0.25) is 0 Å². The zero-order valence-corrected chi connectivity index (χ0v) is 19.9. The zero-order valence-electron chi connectivity index (χ0n) is 19.9. The van der Waals surface area contributed by atoms with Gasteiger partial charge in [0.15, 0.2) is 6.10 Å². The molecular formula is C27H32N2O4. The van der Waals surface area contributed by atoms with Crippen LogP contribution in [0, 0.1) is 6.92 Å². The number of nitrogens with zero attached hydrogens (tertiary/aromatic N) is 1. The van der Waals surface area contributed by atoms with Gasteiger partial charge in [-0.25, -0.2) is 4.79 Å². The fourth-order valence-corrected chi connectivity index (χ4v) is 3.71. The van der Waals surface area contributed by atoms with Gasteiger partial charge in [0, 0.05) is 24.5 Å². The molecule has 0 aliphatic rings. The smallest absolute Gasteiger partial charge is 0.412 e. The summed E-state index contributed by atoms with van der Waals surface area (Å²) in [6.07, 6.45) is -1.11. The Hall–Kier alpha value is -3.67.